The predicted octanol–water partition coefficient (Wildman–Crippen LogP) is -0.237. The molecule has 126 valence electrons. The van der Waals surface area contributed by atoms with Crippen LogP contribution in [-0.2, 0) is 4.79 Å². The van der Waals surface area contributed by atoms with Crippen LogP contribution in [0.2, 0.25) is 0 Å². The number of amides is 1. The van der Waals surface area contributed by atoms with Crippen molar-refractivity contribution in [2.45, 2.75) is 6.92 Å². The van der Waals surface area contributed by atoms with Gasteiger partial charge in [0.2, 0.25) is 11.9 Å². The van der Waals surface area contributed by atoms with Gasteiger partial charge in [-0.25, -0.2) is 9.97 Å². The topological polar surface area (TPSA) is 55.8 Å². The van der Waals surface area contributed by atoms with Crippen molar-refractivity contribution in [3.8, 4) is 0 Å². The van der Waals surface area contributed by atoms with Crippen molar-refractivity contribution in [3.05, 3.63) is 18.5 Å². The van der Waals surface area contributed by atoms with Crippen molar-refractivity contribution in [3.63, 3.8) is 0 Å². The average molecular weight is 318 g/mol. The van der Waals surface area contributed by atoms with E-state index in [-0.39, 0.29) is 5.91 Å². The molecule has 0 unspecified atom stereocenters. The van der Waals surface area contributed by atoms with Crippen LogP contribution < -0.4 is 4.90 Å². The molecule has 7 nitrogen and oxygen atoms in total. The molecule has 23 heavy (non-hydrogen) atoms. The van der Waals surface area contributed by atoms with Gasteiger partial charge in [0.1, 0.15) is 0 Å². The molecule has 0 aromatic carbocycles. The number of piperazine rings is 2. The summed E-state index contributed by atoms with van der Waals surface area (Å²) in [6, 6.07) is 1.82. The number of anilines is 1. The molecule has 3 rings (SSSR count). The van der Waals surface area contributed by atoms with Crippen molar-refractivity contribution in [1.82, 2.24) is 24.7 Å². The minimum atomic E-state index is 0.253. The molecule has 0 bridgehead atoms. The van der Waals surface area contributed by atoms with Gasteiger partial charge in [-0.2, -0.15) is 0 Å². The second-order valence-corrected chi connectivity index (χ2v) is 6.13. The van der Waals surface area contributed by atoms with E-state index in [4.69, 9.17) is 0 Å². The molecule has 0 atom stereocenters. The van der Waals surface area contributed by atoms with E-state index in [1.807, 2.05) is 11.0 Å². The number of rotatable bonds is 4. The monoisotopic (exact) mass is 318 g/mol. The molecule has 0 aliphatic carbocycles. The van der Waals surface area contributed by atoms with Gasteiger partial charge < -0.3 is 14.7 Å². The normalized spacial score (nSPS) is 20.7. The van der Waals surface area contributed by atoms with Gasteiger partial charge in [0.25, 0.3) is 0 Å². The zero-order valence-electron chi connectivity index (χ0n) is 13.9. The fourth-order valence-corrected chi connectivity index (χ4v) is 3.17. The van der Waals surface area contributed by atoms with E-state index in [0.717, 1.165) is 64.9 Å². The molecule has 0 saturated carbocycles. The lowest BCUT2D eigenvalue weighted by Crippen LogP contribution is -2.54. The number of aromatic nitrogens is 2. The fraction of sp³-hybridized carbons (Fsp3) is 0.688. The van der Waals surface area contributed by atoms with Crippen LogP contribution in [0.15, 0.2) is 18.5 Å². The van der Waals surface area contributed by atoms with Crippen molar-refractivity contribution >= 4 is 11.9 Å². The molecule has 2 aliphatic rings. The minimum Gasteiger partial charge on any atom is -0.338 e. The maximum absolute atomic E-state index is 12.5. The number of carbonyl (C=O) groups is 1. The molecule has 7 heteroatoms. The highest BCUT2D eigenvalue weighted by atomic mass is 16.2. The molecule has 3 heterocycles. The zero-order chi connectivity index (χ0) is 16.1. The largest absolute Gasteiger partial charge is 0.338 e. The Balaban J connectivity index is 1.43. The Morgan fingerprint density at radius 2 is 1.57 bits per heavy atom. The number of carbonyl (C=O) groups excluding carboxylic acids is 1. The lowest BCUT2D eigenvalue weighted by molar-refractivity contribution is -0.133. The summed E-state index contributed by atoms with van der Waals surface area (Å²) in [5.41, 5.74) is 0. The van der Waals surface area contributed by atoms with Crippen LogP contribution in [-0.4, -0.2) is 96.0 Å². The molecule has 0 N–H and O–H groups in total. The number of hydrogen-bond donors (Lipinski definition) is 0. The van der Waals surface area contributed by atoms with Gasteiger partial charge in [-0.1, -0.05) is 6.92 Å². The van der Waals surface area contributed by atoms with Crippen LogP contribution in [0.4, 0.5) is 5.95 Å². The standard InChI is InChI=1S/C16H26N6O/c1-2-19-6-8-20(9-7-19)14-15(23)21-10-12-22(13-11-21)16-17-4-3-5-18-16/h3-5H,2,6-14H2,1H3. The Morgan fingerprint density at radius 1 is 0.957 bits per heavy atom. The van der Waals surface area contributed by atoms with E-state index in [1.165, 1.54) is 0 Å². The van der Waals surface area contributed by atoms with E-state index in [0.29, 0.717) is 6.54 Å². The summed E-state index contributed by atoms with van der Waals surface area (Å²) in [6.45, 7) is 11.1. The molecular formula is C16H26N6O. The minimum absolute atomic E-state index is 0.253. The molecule has 1 aromatic heterocycles. The Kier molecular flexibility index (Phi) is 5.40. The highest BCUT2D eigenvalue weighted by Gasteiger charge is 2.25. The molecule has 0 radical (unpaired) electrons. The van der Waals surface area contributed by atoms with E-state index >= 15 is 0 Å². The molecule has 1 amide bonds. The van der Waals surface area contributed by atoms with Gasteiger partial charge >= 0.3 is 0 Å². The first kappa shape index (κ1) is 16.1. The number of hydrogen-bond acceptors (Lipinski definition) is 6. The maximum Gasteiger partial charge on any atom is 0.236 e. The molecule has 0 spiro atoms. The first-order valence-corrected chi connectivity index (χ1v) is 8.50. The number of nitrogens with zero attached hydrogens (tertiary/aromatic N) is 6. The summed E-state index contributed by atoms with van der Waals surface area (Å²) >= 11 is 0. The van der Waals surface area contributed by atoms with Crippen molar-refractivity contribution in [2.75, 3.05) is 70.3 Å². The second-order valence-electron chi connectivity index (χ2n) is 6.13. The molecule has 2 fully saturated rings. The maximum atomic E-state index is 12.5. The first-order chi connectivity index (χ1) is 11.3. The highest BCUT2D eigenvalue weighted by molar-refractivity contribution is 5.78. The predicted molar refractivity (Wildman–Crippen MR) is 89.4 cm³/mol. The summed E-state index contributed by atoms with van der Waals surface area (Å²) in [7, 11) is 0. The summed E-state index contributed by atoms with van der Waals surface area (Å²) in [4.78, 5) is 29.9. The van der Waals surface area contributed by atoms with Gasteiger partial charge in [-0.3, -0.25) is 9.69 Å². The third-order valence-electron chi connectivity index (χ3n) is 4.74. The van der Waals surface area contributed by atoms with Gasteiger partial charge in [-0.05, 0) is 12.6 Å². The van der Waals surface area contributed by atoms with Crippen LogP contribution in [0.3, 0.4) is 0 Å². The molecule has 2 aliphatic heterocycles. The van der Waals surface area contributed by atoms with Crippen LogP contribution in [0.1, 0.15) is 6.92 Å². The van der Waals surface area contributed by atoms with Crippen molar-refractivity contribution in [2.24, 2.45) is 0 Å². The van der Waals surface area contributed by atoms with Gasteiger partial charge in [-0.15, -0.1) is 0 Å². The average Bonchev–Trinajstić information content (AvgIpc) is 2.63. The summed E-state index contributed by atoms with van der Waals surface area (Å²) in [5, 5.41) is 0. The SMILES string of the molecule is CCN1CCN(CC(=O)N2CCN(c3ncccn3)CC2)CC1. The fourth-order valence-electron chi connectivity index (χ4n) is 3.17. The third kappa shape index (κ3) is 4.17. The van der Waals surface area contributed by atoms with E-state index in [1.54, 1.807) is 12.4 Å². The van der Waals surface area contributed by atoms with Gasteiger partial charge in [0.05, 0.1) is 6.54 Å². The summed E-state index contributed by atoms with van der Waals surface area (Å²) in [6.07, 6.45) is 3.52. The molecule has 1 aromatic rings. The molecular weight excluding hydrogens is 292 g/mol. The van der Waals surface area contributed by atoms with Crippen molar-refractivity contribution in [1.29, 1.82) is 0 Å². The quantitative estimate of drug-likeness (QED) is 0.764. The van der Waals surface area contributed by atoms with Gasteiger partial charge in [0, 0.05) is 64.8 Å². The Labute approximate surface area is 137 Å². The van der Waals surface area contributed by atoms with Crippen LogP contribution in [0, 0.1) is 0 Å². The van der Waals surface area contributed by atoms with E-state index < -0.39 is 0 Å². The first-order valence-electron chi connectivity index (χ1n) is 8.50. The molecule has 2 saturated heterocycles. The van der Waals surface area contributed by atoms with E-state index in [2.05, 4.69) is 31.6 Å². The zero-order valence-corrected chi connectivity index (χ0v) is 13.9. The van der Waals surface area contributed by atoms with Crippen molar-refractivity contribution < 1.29 is 4.79 Å². The summed E-state index contributed by atoms with van der Waals surface area (Å²) < 4.78 is 0. The van der Waals surface area contributed by atoms with Crippen LogP contribution in [0.25, 0.3) is 0 Å². The van der Waals surface area contributed by atoms with E-state index in [9.17, 15) is 4.79 Å². The Hall–Kier alpha value is -1.73. The summed E-state index contributed by atoms with van der Waals surface area (Å²) in [5.74, 6) is 1.01. The Morgan fingerprint density at radius 3 is 2.17 bits per heavy atom. The number of likely N-dealkylation sites (N-methyl/N-ethyl adjacent to an activating group) is 1. The van der Waals surface area contributed by atoms with Crippen LogP contribution >= 0.6 is 0 Å². The lowest BCUT2D eigenvalue weighted by atomic mass is 10.2. The van der Waals surface area contributed by atoms with Crippen LogP contribution in [0.5, 0.6) is 0 Å². The Bertz CT molecular complexity index is 495. The van der Waals surface area contributed by atoms with Gasteiger partial charge in [0.15, 0.2) is 0 Å². The highest BCUT2D eigenvalue weighted by Crippen LogP contribution is 2.10. The second kappa shape index (κ2) is 7.70. The third-order valence-corrected chi connectivity index (χ3v) is 4.74. The lowest BCUT2D eigenvalue weighted by Gasteiger charge is -2.37. The smallest absolute Gasteiger partial charge is 0.236 e.